The number of benzene rings is 1. The number of halogens is 1. The van der Waals surface area contributed by atoms with Crippen molar-refractivity contribution in [1.82, 2.24) is 5.32 Å². The molecule has 0 aromatic heterocycles. The van der Waals surface area contributed by atoms with Gasteiger partial charge in [0.2, 0.25) is 0 Å². The van der Waals surface area contributed by atoms with Crippen LogP contribution in [0.5, 0.6) is 0 Å². The van der Waals surface area contributed by atoms with E-state index >= 15 is 0 Å². The number of hydrogen-bond donors (Lipinski definition) is 1. The van der Waals surface area contributed by atoms with Crippen LogP contribution in [0.3, 0.4) is 0 Å². The molecule has 0 aliphatic heterocycles. The van der Waals surface area contributed by atoms with E-state index in [1.54, 1.807) is 6.07 Å². The van der Waals surface area contributed by atoms with Gasteiger partial charge in [-0.1, -0.05) is 22.9 Å². The highest BCUT2D eigenvalue weighted by Gasteiger charge is 2.08. The minimum atomic E-state index is -0.413. The second-order valence-corrected chi connectivity index (χ2v) is 4.69. The van der Waals surface area contributed by atoms with Gasteiger partial charge in [-0.15, -0.1) is 0 Å². The predicted octanol–water partition coefficient (Wildman–Crippen LogP) is 2.87. The highest BCUT2D eigenvalue weighted by Crippen LogP contribution is 2.23. The summed E-state index contributed by atoms with van der Waals surface area (Å²) in [5.74, 6) is 0. The van der Waals surface area contributed by atoms with Crippen molar-refractivity contribution in [2.45, 2.75) is 20.0 Å². The van der Waals surface area contributed by atoms with Crippen molar-refractivity contribution in [3.63, 3.8) is 0 Å². The van der Waals surface area contributed by atoms with Crippen LogP contribution < -0.4 is 5.32 Å². The minimum absolute atomic E-state index is 0.0789. The third kappa shape index (κ3) is 5.12. The predicted molar refractivity (Wildman–Crippen MR) is 73.6 cm³/mol. The Morgan fingerprint density at radius 2 is 2.22 bits per heavy atom. The molecule has 0 saturated carbocycles. The Balaban J connectivity index is 2.36. The summed E-state index contributed by atoms with van der Waals surface area (Å²) in [5, 5.41) is 13.8. The maximum absolute atomic E-state index is 10.6. The van der Waals surface area contributed by atoms with Gasteiger partial charge >= 0.3 is 0 Å². The van der Waals surface area contributed by atoms with Gasteiger partial charge in [0.05, 0.1) is 18.1 Å². The van der Waals surface area contributed by atoms with E-state index in [4.69, 9.17) is 4.74 Å². The summed E-state index contributed by atoms with van der Waals surface area (Å²) in [6, 6.07) is 4.69. The number of rotatable bonds is 8. The number of non-ortho nitro benzene ring substituents is 1. The van der Waals surface area contributed by atoms with Crippen LogP contribution in [0.25, 0.3) is 0 Å². The van der Waals surface area contributed by atoms with Gasteiger partial charge in [-0.2, -0.15) is 0 Å². The van der Waals surface area contributed by atoms with E-state index in [9.17, 15) is 10.1 Å². The molecule has 0 bridgehead atoms. The van der Waals surface area contributed by atoms with E-state index in [0.29, 0.717) is 17.7 Å². The first kappa shape index (κ1) is 15.1. The third-order valence-electron chi connectivity index (χ3n) is 2.35. The molecule has 1 rings (SSSR count). The number of nitrogens with zero attached hydrogens (tertiary/aromatic N) is 1. The smallest absolute Gasteiger partial charge is 0.270 e. The Labute approximate surface area is 115 Å². The summed E-state index contributed by atoms with van der Waals surface area (Å²) in [4.78, 5) is 10.2. The van der Waals surface area contributed by atoms with Crippen LogP contribution in [0.15, 0.2) is 22.7 Å². The van der Waals surface area contributed by atoms with Crippen molar-refractivity contribution in [3.8, 4) is 0 Å². The molecule has 1 N–H and O–H groups in total. The number of ether oxygens (including phenoxy) is 1. The molecule has 5 nitrogen and oxygen atoms in total. The molecule has 0 atom stereocenters. The molecule has 0 radical (unpaired) electrons. The van der Waals surface area contributed by atoms with E-state index in [-0.39, 0.29) is 5.69 Å². The quantitative estimate of drug-likeness (QED) is 0.455. The molecular formula is C12H17BrN2O3. The van der Waals surface area contributed by atoms with E-state index in [0.717, 1.165) is 25.1 Å². The van der Waals surface area contributed by atoms with Crippen LogP contribution in [0, 0.1) is 10.1 Å². The average Bonchev–Trinajstić information content (AvgIpc) is 2.35. The lowest BCUT2D eigenvalue weighted by atomic mass is 10.2. The van der Waals surface area contributed by atoms with E-state index < -0.39 is 4.92 Å². The Morgan fingerprint density at radius 3 is 2.83 bits per heavy atom. The van der Waals surface area contributed by atoms with Gasteiger partial charge in [0.25, 0.3) is 5.69 Å². The molecule has 0 heterocycles. The average molecular weight is 317 g/mol. The molecule has 0 saturated heterocycles. The molecule has 0 aliphatic carbocycles. The van der Waals surface area contributed by atoms with Crippen LogP contribution in [-0.4, -0.2) is 24.6 Å². The zero-order valence-corrected chi connectivity index (χ0v) is 11.9. The SMILES string of the molecule is CCCNCCOCc1ccc([N+](=O)[O-])cc1Br. The lowest BCUT2D eigenvalue weighted by molar-refractivity contribution is -0.384. The van der Waals surface area contributed by atoms with Crippen molar-refractivity contribution in [2.75, 3.05) is 19.7 Å². The van der Waals surface area contributed by atoms with Gasteiger partial charge in [0.1, 0.15) is 0 Å². The van der Waals surface area contributed by atoms with Crippen LogP contribution >= 0.6 is 15.9 Å². The van der Waals surface area contributed by atoms with Gasteiger partial charge in [-0.05, 0) is 24.6 Å². The van der Waals surface area contributed by atoms with Gasteiger partial charge in [-0.25, -0.2) is 0 Å². The molecule has 0 fully saturated rings. The van der Waals surface area contributed by atoms with Crippen molar-refractivity contribution < 1.29 is 9.66 Å². The van der Waals surface area contributed by atoms with Crippen molar-refractivity contribution >= 4 is 21.6 Å². The maximum atomic E-state index is 10.6. The number of nitro benzene ring substituents is 1. The second-order valence-electron chi connectivity index (χ2n) is 3.84. The maximum Gasteiger partial charge on any atom is 0.270 e. The summed E-state index contributed by atoms with van der Waals surface area (Å²) in [6.07, 6.45) is 1.11. The topological polar surface area (TPSA) is 64.4 Å². The summed E-state index contributed by atoms with van der Waals surface area (Å²) >= 11 is 3.31. The first-order chi connectivity index (χ1) is 8.65. The molecule has 0 unspecified atom stereocenters. The molecule has 100 valence electrons. The van der Waals surface area contributed by atoms with Crippen LogP contribution in [-0.2, 0) is 11.3 Å². The van der Waals surface area contributed by atoms with E-state index in [2.05, 4.69) is 28.2 Å². The van der Waals surface area contributed by atoms with Crippen LogP contribution in [0.1, 0.15) is 18.9 Å². The van der Waals surface area contributed by atoms with Gasteiger partial charge < -0.3 is 10.1 Å². The first-order valence-corrected chi connectivity index (χ1v) is 6.65. The second kappa shape index (κ2) is 8.18. The molecule has 1 aromatic carbocycles. The summed E-state index contributed by atoms with van der Waals surface area (Å²) in [5.41, 5.74) is 0.992. The van der Waals surface area contributed by atoms with E-state index in [1.165, 1.54) is 12.1 Å². The highest BCUT2D eigenvalue weighted by molar-refractivity contribution is 9.10. The minimum Gasteiger partial charge on any atom is -0.375 e. The van der Waals surface area contributed by atoms with Gasteiger partial charge in [-0.3, -0.25) is 10.1 Å². The monoisotopic (exact) mass is 316 g/mol. The highest BCUT2D eigenvalue weighted by atomic mass is 79.9. The van der Waals surface area contributed by atoms with Gasteiger partial charge in [0.15, 0.2) is 0 Å². The molecule has 18 heavy (non-hydrogen) atoms. The Morgan fingerprint density at radius 1 is 1.44 bits per heavy atom. The Hall–Kier alpha value is -0.980. The molecule has 6 heteroatoms. The van der Waals surface area contributed by atoms with Crippen LogP contribution in [0.4, 0.5) is 5.69 Å². The zero-order chi connectivity index (χ0) is 13.4. The standard InChI is InChI=1S/C12H17BrN2O3/c1-2-5-14-6-7-18-9-10-3-4-11(15(16)17)8-12(10)13/h3-4,8,14H,2,5-7,9H2,1H3. The fourth-order valence-electron chi connectivity index (χ4n) is 1.40. The third-order valence-corrected chi connectivity index (χ3v) is 3.09. The summed E-state index contributed by atoms with van der Waals surface area (Å²) in [6.45, 7) is 5.00. The van der Waals surface area contributed by atoms with Crippen molar-refractivity contribution in [2.24, 2.45) is 0 Å². The van der Waals surface area contributed by atoms with Crippen molar-refractivity contribution in [1.29, 1.82) is 0 Å². The lowest BCUT2D eigenvalue weighted by Gasteiger charge is -2.07. The molecule has 1 aromatic rings. The zero-order valence-electron chi connectivity index (χ0n) is 10.3. The summed E-state index contributed by atoms with van der Waals surface area (Å²) < 4.78 is 6.19. The lowest BCUT2D eigenvalue weighted by Crippen LogP contribution is -2.20. The largest absolute Gasteiger partial charge is 0.375 e. The number of nitrogens with one attached hydrogen (secondary N) is 1. The molecular weight excluding hydrogens is 300 g/mol. The fourth-order valence-corrected chi connectivity index (χ4v) is 1.88. The summed E-state index contributed by atoms with van der Waals surface area (Å²) in [7, 11) is 0. The fraction of sp³-hybridized carbons (Fsp3) is 0.500. The molecule has 0 aliphatic rings. The van der Waals surface area contributed by atoms with Crippen LogP contribution in [0.2, 0.25) is 0 Å². The van der Waals surface area contributed by atoms with Crippen molar-refractivity contribution in [3.05, 3.63) is 38.3 Å². The number of nitro groups is 1. The first-order valence-electron chi connectivity index (χ1n) is 5.86. The number of hydrogen-bond acceptors (Lipinski definition) is 4. The molecule has 0 amide bonds. The Bertz CT molecular complexity index is 399. The van der Waals surface area contributed by atoms with Gasteiger partial charge in [0, 0.05) is 23.2 Å². The Kier molecular flexibility index (Phi) is 6.85. The normalized spacial score (nSPS) is 10.6. The molecule has 0 spiro atoms. The van der Waals surface area contributed by atoms with E-state index in [1.807, 2.05) is 0 Å².